The number of amides is 1. The molecule has 0 saturated carbocycles. The Labute approximate surface area is 265 Å². The van der Waals surface area contributed by atoms with Crippen molar-refractivity contribution in [1.82, 2.24) is 4.57 Å². The molecule has 4 heterocycles. The molecule has 5 aromatic rings. The molecule has 0 saturated heterocycles. The minimum absolute atomic E-state index is 0.169. The minimum atomic E-state index is -0.777. The number of hydrogen-bond donors (Lipinski definition) is 0. The lowest BCUT2D eigenvalue weighted by atomic mass is 9.97. The molecule has 2 aliphatic rings. The predicted molar refractivity (Wildman–Crippen MR) is 173 cm³/mol. The first-order valence-electron chi connectivity index (χ1n) is 14.0. The molecule has 218 valence electrons. The number of rotatable bonds is 6. The Morgan fingerprint density at radius 2 is 1.70 bits per heavy atom. The highest BCUT2D eigenvalue weighted by Gasteiger charge is 2.38. The largest absolute Gasteiger partial charge is 0.463 e. The van der Waals surface area contributed by atoms with E-state index in [9.17, 15) is 14.4 Å². The number of ether oxygens (including phenoxy) is 1. The third kappa shape index (κ3) is 4.64. The number of thiophene rings is 1. The number of anilines is 1. The van der Waals surface area contributed by atoms with E-state index in [1.807, 2.05) is 90.3 Å². The summed E-state index contributed by atoms with van der Waals surface area (Å²) in [5, 5.41) is 2.46. The predicted octanol–water partition coefficient (Wildman–Crippen LogP) is 5.57. The van der Waals surface area contributed by atoms with Crippen LogP contribution >= 0.6 is 34.3 Å². The molecule has 0 N–H and O–H groups in total. The van der Waals surface area contributed by atoms with Crippen molar-refractivity contribution >= 4 is 63.1 Å². The topological polar surface area (TPSA) is 81.0 Å². The second-order valence-corrected chi connectivity index (χ2v) is 12.5. The Morgan fingerprint density at radius 1 is 0.955 bits per heavy atom. The van der Waals surface area contributed by atoms with Crippen LogP contribution in [0.5, 0.6) is 0 Å². The van der Waals surface area contributed by atoms with Crippen molar-refractivity contribution in [2.24, 2.45) is 4.99 Å². The van der Waals surface area contributed by atoms with Crippen molar-refractivity contribution in [3.05, 3.63) is 148 Å². The van der Waals surface area contributed by atoms with E-state index >= 15 is 0 Å². The van der Waals surface area contributed by atoms with Crippen molar-refractivity contribution in [2.75, 3.05) is 11.5 Å². The highest BCUT2D eigenvalue weighted by Crippen LogP contribution is 2.39. The van der Waals surface area contributed by atoms with E-state index in [0.29, 0.717) is 32.3 Å². The molecule has 1 amide bonds. The second kappa shape index (κ2) is 11.5. The lowest BCUT2D eigenvalue weighted by Crippen LogP contribution is -2.40. The van der Waals surface area contributed by atoms with Gasteiger partial charge in [-0.1, -0.05) is 95.7 Å². The van der Waals surface area contributed by atoms with Gasteiger partial charge in [0, 0.05) is 21.0 Å². The normalized spacial score (nSPS) is 16.9. The van der Waals surface area contributed by atoms with Crippen molar-refractivity contribution in [3.8, 4) is 0 Å². The van der Waals surface area contributed by atoms with E-state index in [0.717, 1.165) is 27.3 Å². The van der Waals surface area contributed by atoms with Gasteiger partial charge in [-0.3, -0.25) is 14.2 Å². The SMILES string of the molecule is CCOC(=O)C1=C(c2ccccc2)N=c2s/c(=C3/C(=O)N(Cc4ccccc4Cl)c4ccccc43)c(=O)n2[C@H]1c1cccs1. The van der Waals surface area contributed by atoms with Crippen LogP contribution in [0.3, 0.4) is 0 Å². The maximum Gasteiger partial charge on any atom is 0.338 e. The summed E-state index contributed by atoms with van der Waals surface area (Å²) < 4.78 is 7.32. The average Bonchev–Trinajstić information content (AvgIpc) is 3.75. The van der Waals surface area contributed by atoms with Crippen molar-refractivity contribution in [1.29, 1.82) is 0 Å². The van der Waals surface area contributed by atoms with Gasteiger partial charge >= 0.3 is 5.97 Å². The molecular formula is C34H24ClN3O4S2. The molecule has 0 aliphatic carbocycles. The zero-order chi connectivity index (χ0) is 30.4. The van der Waals surface area contributed by atoms with Gasteiger partial charge in [-0.2, -0.15) is 0 Å². The number of para-hydroxylation sites is 1. The first-order chi connectivity index (χ1) is 21.5. The quantitative estimate of drug-likeness (QED) is 0.228. The summed E-state index contributed by atoms with van der Waals surface area (Å²) in [6.45, 7) is 2.16. The number of nitrogens with zero attached hydrogens (tertiary/aromatic N) is 3. The Hall–Kier alpha value is -4.57. The Balaban J connectivity index is 1.49. The van der Waals surface area contributed by atoms with Crippen LogP contribution in [-0.4, -0.2) is 23.1 Å². The number of esters is 1. The number of fused-ring (bicyclic) bond motifs is 2. The van der Waals surface area contributed by atoms with Gasteiger partial charge in [-0.05, 0) is 36.1 Å². The molecular weight excluding hydrogens is 614 g/mol. The van der Waals surface area contributed by atoms with Gasteiger partial charge in [0.1, 0.15) is 10.6 Å². The monoisotopic (exact) mass is 637 g/mol. The highest BCUT2D eigenvalue weighted by atomic mass is 35.5. The summed E-state index contributed by atoms with van der Waals surface area (Å²) in [5.74, 6) is -0.836. The van der Waals surface area contributed by atoms with Crippen molar-refractivity contribution < 1.29 is 14.3 Å². The number of aromatic nitrogens is 1. The Kier molecular flexibility index (Phi) is 7.37. The summed E-state index contributed by atoms with van der Waals surface area (Å²) in [6, 6.07) is 27.2. The molecule has 0 bridgehead atoms. The third-order valence-electron chi connectivity index (χ3n) is 7.60. The van der Waals surface area contributed by atoms with E-state index in [2.05, 4.69) is 0 Å². The molecule has 0 unspecified atom stereocenters. The summed E-state index contributed by atoms with van der Waals surface area (Å²) in [5.41, 5.74) is 3.53. The van der Waals surface area contributed by atoms with Crippen LogP contribution in [0.4, 0.5) is 5.69 Å². The van der Waals surface area contributed by atoms with Gasteiger partial charge in [0.25, 0.3) is 11.5 Å². The van der Waals surface area contributed by atoms with Crippen LogP contribution in [0.15, 0.2) is 112 Å². The first-order valence-corrected chi connectivity index (χ1v) is 16.0. The van der Waals surface area contributed by atoms with Gasteiger partial charge in [-0.25, -0.2) is 9.79 Å². The van der Waals surface area contributed by atoms with Crippen molar-refractivity contribution in [2.45, 2.75) is 19.5 Å². The molecule has 3 aromatic carbocycles. The number of hydrogen-bond acceptors (Lipinski definition) is 7. The fourth-order valence-corrected chi connectivity index (χ4v) is 7.77. The Bertz CT molecular complexity index is 2150. The maximum atomic E-state index is 14.5. The van der Waals surface area contributed by atoms with Crippen molar-refractivity contribution in [3.63, 3.8) is 0 Å². The second-order valence-electron chi connectivity index (χ2n) is 10.1. The standard InChI is InChI=1S/C34H24ClN3O4S2/c1-2-42-33(41)27-28(20-11-4-3-5-12-20)36-34-38(29(27)25-17-10-18-43-25)32(40)30(44-34)26-22-14-7-9-16-24(22)37(31(26)39)19-21-13-6-8-15-23(21)35/h3-18,29H,2,19H2,1H3/b30-26+/t29-/m0/s1. The van der Waals surface area contributed by atoms with E-state index in [-0.39, 0.29) is 34.7 Å². The Morgan fingerprint density at radius 3 is 2.45 bits per heavy atom. The van der Waals surface area contributed by atoms with Gasteiger partial charge < -0.3 is 9.64 Å². The maximum absolute atomic E-state index is 14.5. The summed E-state index contributed by atoms with van der Waals surface area (Å²) in [7, 11) is 0. The molecule has 7 nitrogen and oxygen atoms in total. The molecule has 44 heavy (non-hydrogen) atoms. The number of halogens is 1. The molecule has 0 fully saturated rings. The zero-order valence-electron chi connectivity index (χ0n) is 23.4. The van der Waals surface area contributed by atoms with Crippen LogP contribution in [0.2, 0.25) is 5.02 Å². The lowest BCUT2D eigenvalue weighted by Gasteiger charge is -2.24. The summed E-state index contributed by atoms with van der Waals surface area (Å²) in [6.07, 6.45) is 0. The molecule has 10 heteroatoms. The van der Waals surface area contributed by atoms with Gasteiger partial charge in [0.2, 0.25) is 0 Å². The summed E-state index contributed by atoms with van der Waals surface area (Å²) >= 11 is 9.06. The number of carbonyl (C=O) groups is 2. The van der Waals surface area contributed by atoms with Crippen LogP contribution < -0.4 is 19.8 Å². The van der Waals surface area contributed by atoms with Crippen LogP contribution in [0.25, 0.3) is 11.3 Å². The molecule has 2 aromatic heterocycles. The first kappa shape index (κ1) is 28.2. The van der Waals surface area contributed by atoms with E-state index in [4.69, 9.17) is 21.3 Å². The fourth-order valence-electron chi connectivity index (χ4n) is 5.66. The zero-order valence-corrected chi connectivity index (χ0v) is 25.8. The number of carbonyl (C=O) groups excluding carboxylic acids is 2. The molecule has 1 atom stereocenters. The van der Waals surface area contributed by atoms with Crippen LogP contribution in [-0.2, 0) is 20.9 Å². The summed E-state index contributed by atoms with van der Waals surface area (Å²) in [4.78, 5) is 50.0. The van der Waals surface area contributed by atoms with Crippen LogP contribution in [0.1, 0.15) is 34.5 Å². The van der Waals surface area contributed by atoms with Crippen LogP contribution in [0, 0.1) is 0 Å². The van der Waals surface area contributed by atoms with E-state index in [1.54, 1.807) is 17.9 Å². The third-order valence-corrected chi connectivity index (χ3v) is 9.95. The van der Waals surface area contributed by atoms with Gasteiger partial charge in [0.15, 0.2) is 4.80 Å². The van der Waals surface area contributed by atoms with Gasteiger partial charge in [0.05, 0.1) is 35.7 Å². The minimum Gasteiger partial charge on any atom is -0.463 e. The van der Waals surface area contributed by atoms with Gasteiger partial charge in [-0.15, -0.1) is 11.3 Å². The molecule has 7 rings (SSSR count). The fraction of sp³-hybridized carbons (Fsp3) is 0.118. The molecule has 0 radical (unpaired) electrons. The van der Waals surface area contributed by atoms with E-state index in [1.165, 1.54) is 15.9 Å². The van der Waals surface area contributed by atoms with E-state index < -0.39 is 12.0 Å². The number of benzene rings is 3. The molecule has 0 spiro atoms. The number of thiazole rings is 1. The smallest absolute Gasteiger partial charge is 0.338 e. The average molecular weight is 638 g/mol. The highest BCUT2D eigenvalue weighted by molar-refractivity contribution is 7.10. The molecule has 2 aliphatic heterocycles. The lowest BCUT2D eigenvalue weighted by molar-refractivity contribution is -0.138.